The minimum atomic E-state index is -3.99. The first-order valence-electron chi connectivity index (χ1n) is 10.5. The first-order valence-corrected chi connectivity index (χ1v) is 12.4. The Morgan fingerprint density at radius 1 is 1.06 bits per heavy atom. The molecule has 2 aromatic rings. The molecule has 8 nitrogen and oxygen atoms in total. The summed E-state index contributed by atoms with van der Waals surface area (Å²) in [5.74, 6) is -0.0159. The van der Waals surface area contributed by atoms with Gasteiger partial charge in [-0.25, -0.2) is 17.9 Å². The van der Waals surface area contributed by atoms with Crippen LogP contribution in [0.4, 0.5) is 4.79 Å². The van der Waals surface area contributed by atoms with Crippen LogP contribution in [-0.2, 0) is 10.0 Å². The highest BCUT2D eigenvalue weighted by Gasteiger charge is 2.21. The highest BCUT2D eigenvalue weighted by Crippen LogP contribution is 2.22. The molecule has 0 spiro atoms. The second-order valence-corrected chi connectivity index (χ2v) is 9.75. The average molecular weight is 492 g/mol. The van der Waals surface area contributed by atoms with Gasteiger partial charge in [0.2, 0.25) is 0 Å². The number of nitrogens with one attached hydrogen (secondary N) is 3. The molecule has 0 radical (unpaired) electrons. The van der Waals surface area contributed by atoms with Crippen LogP contribution in [0, 0.1) is 0 Å². The number of amides is 3. The summed E-state index contributed by atoms with van der Waals surface area (Å²) in [7, 11) is -2.53. The van der Waals surface area contributed by atoms with Gasteiger partial charge < -0.3 is 15.4 Å². The third kappa shape index (κ3) is 6.97. The van der Waals surface area contributed by atoms with Gasteiger partial charge in [-0.2, -0.15) is 0 Å². The molecular formula is C23H26ClN3O5S. The van der Waals surface area contributed by atoms with Crippen molar-refractivity contribution in [2.45, 2.75) is 43.0 Å². The maximum atomic E-state index is 12.5. The topological polar surface area (TPSA) is 114 Å². The molecule has 10 heteroatoms. The van der Waals surface area contributed by atoms with Crippen molar-refractivity contribution in [2.24, 2.45) is 0 Å². The van der Waals surface area contributed by atoms with Crippen molar-refractivity contribution in [3.8, 4) is 5.75 Å². The summed E-state index contributed by atoms with van der Waals surface area (Å²) in [6.45, 7) is 0. The molecule has 3 rings (SSSR count). The van der Waals surface area contributed by atoms with E-state index >= 15 is 0 Å². The van der Waals surface area contributed by atoms with Crippen LogP contribution < -0.4 is 20.1 Å². The van der Waals surface area contributed by atoms with E-state index in [1.54, 1.807) is 30.3 Å². The fourth-order valence-corrected chi connectivity index (χ4v) is 4.64. The van der Waals surface area contributed by atoms with E-state index in [1.807, 2.05) is 0 Å². The zero-order valence-corrected chi connectivity index (χ0v) is 19.7. The Labute approximate surface area is 198 Å². The summed E-state index contributed by atoms with van der Waals surface area (Å²) >= 11 is 5.95. The highest BCUT2D eigenvalue weighted by molar-refractivity contribution is 7.90. The molecule has 0 aliphatic heterocycles. The fourth-order valence-electron chi connectivity index (χ4n) is 3.55. The zero-order valence-electron chi connectivity index (χ0n) is 18.1. The molecule has 176 valence electrons. The van der Waals surface area contributed by atoms with Gasteiger partial charge in [-0.3, -0.25) is 4.79 Å². The Morgan fingerprint density at radius 2 is 1.76 bits per heavy atom. The van der Waals surface area contributed by atoms with Crippen molar-refractivity contribution in [2.75, 3.05) is 7.11 Å². The molecule has 33 heavy (non-hydrogen) atoms. The van der Waals surface area contributed by atoms with Crippen LogP contribution in [0.15, 0.2) is 53.6 Å². The number of carbonyl (C=O) groups is 2. The monoisotopic (exact) mass is 491 g/mol. The number of rotatable bonds is 7. The average Bonchev–Trinajstić information content (AvgIpc) is 2.79. The Bertz CT molecular complexity index is 1130. The lowest BCUT2D eigenvalue weighted by atomic mass is 9.96. The van der Waals surface area contributed by atoms with E-state index in [4.69, 9.17) is 16.3 Å². The zero-order chi connectivity index (χ0) is 23.8. The highest BCUT2D eigenvalue weighted by atomic mass is 35.5. The van der Waals surface area contributed by atoms with Crippen LogP contribution in [0.2, 0.25) is 5.02 Å². The molecule has 2 aromatic carbocycles. The largest absolute Gasteiger partial charge is 0.496 e. The molecule has 3 N–H and O–H groups in total. The van der Waals surface area contributed by atoms with Crippen LogP contribution in [0.25, 0.3) is 6.08 Å². The number of methoxy groups -OCH3 is 1. The van der Waals surface area contributed by atoms with Crippen molar-refractivity contribution in [3.63, 3.8) is 0 Å². The molecule has 0 heterocycles. The van der Waals surface area contributed by atoms with Gasteiger partial charge >= 0.3 is 6.03 Å². The lowest BCUT2D eigenvalue weighted by Crippen LogP contribution is -2.45. The van der Waals surface area contributed by atoms with E-state index in [1.165, 1.54) is 31.5 Å². The van der Waals surface area contributed by atoms with Crippen molar-refractivity contribution in [1.29, 1.82) is 0 Å². The lowest BCUT2D eigenvalue weighted by Gasteiger charge is -2.22. The number of hydrogen-bond acceptors (Lipinski definition) is 5. The molecule has 1 fully saturated rings. The summed E-state index contributed by atoms with van der Waals surface area (Å²) in [5, 5.41) is 5.74. The van der Waals surface area contributed by atoms with Gasteiger partial charge in [0.1, 0.15) is 5.75 Å². The second kappa shape index (κ2) is 11.2. The molecule has 0 saturated heterocycles. The van der Waals surface area contributed by atoms with E-state index < -0.39 is 22.0 Å². The lowest BCUT2D eigenvalue weighted by molar-refractivity contribution is 0.0967. The second-order valence-electron chi connectivity index (χ2n) is 7.63. The molecule has 1 aliphatic carbocycles. The van der Waals surface area contributed by atoms with Crippen molar-refractivity contribution < 1.29 is 22.7 Å². The molecular weight excluding hydrogens is 466 g/mol. The molecule has 3 amide bonds. The van der Waals surface area contributed by atoms with Gasteiger partial charge in [-0.15, -0.1) is 0 Å². The summed E-state index contributed by atoms with van der Waals surface area (Å²) in [5.41, 5.74) is 0.938. The quantitative estimate of drug-likeness (QED) is 0.540. The van der Waals surface area contributed by atoms with E-state index in [2.05, 4.69) is 15.4 Å². The van der Waals surface area contributed by atoms with Gasteiger partial charge in [-0.1, -0.05) is 43.0 Å². The Hall–Kier alpha value is -3.04. The third-order valence-corrected chi connectivity index (χ3v) is 6.84. The number of benzene rings is 2. The van der Waals surface area contributed by atoms with Crippen molar-refractivity contribution in [3.05, 3.63) is 64.8 Å². The van der Waals surface area contributed by atoms with E-state index in [-0.39, 0.29) is 16.5 Å². The maximum Gasteiger partial charge on any atom is 0.328 e. The molecule has 0 unspecified atom stereocenters. The summed E-state index contributed by atoms with van der Waals surface area (Å²) in [4.78, 5) is 24.4. The first-order chi connectivity index (χ1) is 15.8. The van der Waals surface area contributed by atoms with Crippen LogP contribution in [-0.4, -0.2) is 33.5 Å². The predicted octanol–water partition coefficient (Wildman–Crippen LogP) is 4.07. The molecule has 1 aliphatic rings. The Balaban J connectivity index is 1.58. The van der Waals surface area contributed by atoms with Gasteiger partial charge in [0.25, 0.3) is 15.9 Å². The molecule has 0 bridgehead atoms. The number of hydrogen-bond donors (Lipinski definition) is 3. The van der Waals surface area contributed by atoms with Gasteiger partial charge in [0, 0.05) is 17.3 Å². The standard InChI is InChI=1S/C23H26ClN3O5S/c1-32-21-12-9-17(24)15-20(21)22(28)25-14-13-16-7-10-19(11-8-16)33(30,31)27-23(29)26-18-5-3-2-4-6-18/h7-15,18H,2-6H2,1H3,(H,25,28)(H2,26,27,29). The normalized spacial score (nSPS) is 14.6. The van der Waals surface area contributed by atoms with E-state index in [9.17, 15) is 18.0 Å². The molecule has 1 saturated carbocycles. The smallest absolute Gasteiger partial charge is 0.328 e. The van der Waals surface area contributed by atoms with Crippen LogP contribution in [0.3, 0.4) is 0 Å². The van der Waals surface area contributed by atoms with E-state index in [0.29, 0.717) is 16.3 Å². The maximum absolute atomic E-state index is 12.5. The molecule has 0 aromatic heterocycles. The number of halogens is 1. The Morgan fingerprint density at radius 3 is 2.42 bits per heavy atom. The Kier molecular flexibility index (Phi) is 8.35. The summed E-state index contributed by atoms with van der Waals surface area (Å²) in [6, 6.07) is 9.91. The minimum Gasteiger partial charge on any atom is -0.496 e. The summed E-state index contributed by atoms with van der Waals surface area (Å²) in [6.07, 6.45) is 7.94. The first kappa shape index (κ1) is 24.6. The molecule has 0 atom stereocenters. The predicted molar refractivity (Wildman–Crippen MR) is 127 cm³/mol. The number of urea groups is 1. The van der Waals surface area contributed by atoms with Crippen molar-refractivity contribution >= 4 is 39.6 Å². The number of ether oxygens (including phenoxy) is 1. The fraction of sp³-hybridized carbons (Fsp3) is 0.304. The van der Waals surface area contributed by atoms with Crippen LogP contribution in [0.5, 0.6) is 5.75 Å². The van der Waals surface area contributed by atoms with Gasteiger partial charge in [0.15, 0.2) is 0 Å². The SMILES string of the molecule is COc1ccc(Cl)cc1C(=O)NC=Cc1ccc(S(=O)(=O)NC(=O)NC2CCCCC2)cc1. The van der Waals surface area contributed by atoms with Crippen molar-refractivity contribution in [1.82, 2.24) is 15.4 Å². The minimum absolute atomic E-state index is 0.00329. The third-order valence-electron chi connectivity index (χ3n) is 5.25. The van der Waals surface area contributed by atoms with Crippen LogP contribution >= 0.6 is 11.6 Å². The summed E-state index contributed by atoms with van der Waals surface area (Å²) < 4.78 is 32.2. The van der Waals surface area contributed by atoms with Gasteiger partial charge in [0.05, 0.1) is 17.6 Å². The van der Waals surface area contributed by atoms with Gasteiger partial charge in [-0.05, 0) is 54.8 Å². The van der Waals surface area contributed by atoms with E-state index in [0.717, 1.165) is 32.1 Å². The number of sulfonamides is 1. The number of carbonyl (C=O) groups excluding carboxylic acids is 2. The van der Waals surface area contributed by atoms with Crippen LogP contribution in [0.1, 0.15) is 48.0 Å².